The van der Waals surface area contributed by atoms with Crippen molar-refractivity contribution in [3.63, 3.8) is 0 Å². The van der Waals surface area contributed by atoms with Crippen LogP contribution in [0.15, 0.2) is 182 Å². The summed E-state index contributed by atoms with van der Waals surface area (Å²) in [4.78, 5) is 9.30. The number of hydrogen-bond acceptors (Lipinski definition) is 3. The average Bonchev–Trinajstić information content (AvgIpc) is 3.45. The number of benzene rings is 6. The molecule has 0 aliphatic carbocycles. The highest BCUT2D eigenvalue weighted by Crippen LogP contribution is 2.41. The predicted octanol–water partition coefficient (Wildman–Crippen LogP) is 11.1. The van der Waals surface area contributed by atoms with Crippen LogP contribution in [0, 0.1) is 0 Å². The van der Waals surface area contributed by atoms with Gasteiger partial charge in [0, 0.05) is 51.1 Å². The van der Waals surface area contributed by atoms with E-state index in [9.17, 15) is 0 Å². The van der Waals surface area contributed by atoms with E-state index in [-0.39, 0.29) is 0 Å². The summed E-state index contributed by atoms with van der Waals surface area (Å²) in [6.45, 7) is 0. The quantitative estimate of drug-likeness (QED) is 0.188. The molecule has 4 heteroatoms. The zero-order valence-electron chi connectivity index (χ0n) is 24.6. The summed E-state index contributed by atoms with van der Waals surface area (Å²) in [5, 5.41) is 2.38. The van der Waals surface area contributed by atoms with Gasteiger partial charge in [0.25, 0.3) is 0 Å². The molecule has 0 bridgehead atoms. The summed E-state index contributed by atoms with van der Waals surface area (Å²) < 4.78 is 2.25. The molecule has 0 spiro atoms. The molecule has 0 atom stereocenters. The molecule has 214 valence electrons. The van der Waals surface area contributed by atoms with Gasteiger partial charge in [-0.05, 0) is 97.1 Å². The van der Waals surface area contributed by atoms with E-state index in [2.05, 4.69) is 183 Å². The van der Waals surface area contributed by atoms with Crippen LogP contribution in [-0.4, -0.2) is 9.55 Å². The number of nitrogens with zero attached hydrogens (tertiary/aromatic N) is 4. The molecule has 0 saturated heterocycles. The maximum atomic E-state index is 4.69. The maximum absolute atomic E-state index is 4.69. The van der Waals surface area contributed by atoms with E-state index in [1.165, 1.54) is 10.8 Å². The first-order chi connectivity index (χ1) is 22.3. The minimum atomic E-state index is 0.911. The molecule has 0 unspecified atom stereocenters. The monoisotopic (exact) mass is 578 g/mol. The molecule has 8 rings (SSSR count). The fourth-order valence-electron chi connectivity index (χ4n) is 6.21. The lowest BCUT2D eigenvalue weighted by Crippen LogP contribution is -2.12. The Hall–Kier alpha value is -6.13. The van der Waals surface area contributed by atoms with Crippen LogP contribution >= 0.6 is 0 Å². The number of pyridine rings is 1. The Balaban J connectivity index is 1.26. The lowest BCUT2D eigenvalue weighted by atomic mass is 10.1. The maximum Gasteiger partial charge on any atom is 0.137 e. The van der Waals surface area contributed by atoms with Gasteiger partial charge in [-0.15, -0.1) is 0 Å². The molecule has 45 heavy (non-hydrogen) atoms. The zero-order chi connectivity index (χ0) is 30.0. The lowest BCUT2D eigenvalue weighted by molar-refractivity contribution is 1.08. The van der Waals surface area contributed by atoms with Crippen molar-refractivity contribution in [2.75, 3.05) is 9.80 Å². The Bertz CT molecular complexity index is 2150. The molecule has 8 aromatic rings. The standard InChI is InChI=1S/C41H30N4/c1-4-14-31(15-5-1)43(32-16-6-2-7-17-32)34-23-25-35(26-24-34)44(33-18-8-3-9-19-33)36-27-28-40-38(30-36)37-20-10-11-21-39(37)45(40)41-22-12-13-29-42-41/h1-30H. The number of rotatable bonds is 7. The number of aromatic nitrogens is 2. The highest BCUT2D eigenvalue weighted by Gasteiger charge is 2.18. The fourth-order valence-corrected chi connectivity index (χ4v) is 6.21. The largest absolute Gasteiger partial charge is 0.311 e. The van der Waals surface area contributed by atoms with E-state index < -0.39 is 0 Å². The topological polar surface area (TPSA) is 24.3 Å². The first kappa shape index (κ1) is 26.5. The van der Waals surface area contributed by atoms with E-state index in [1.54, 1.807) is 0 Å². The summed E-state index contributed by atoms with van der Waals surface area (Å²) in [5.41, 5.74) is 8.87. The van der Waals surface area contributed by atoms with Crippen LogP contribution in [0.3, 0.4) is 0 Å². The molecule has 0 aliphatic heterocycles. The van der Waals surface area contributed by atoms with Gasteiger partial charge in [0.05, 0.1) is 11.0 Å². The summed E-state index contributed by atoms with van der Waals surface area (Å²) in [6.07, 6.45) is 1.85. The van der Waals surface area contributed by atoms with Crippen molar-refractivity contribution in [2.45, 2.75) is 0 Å². The molecule has 0 aliphatic rings. The van der Waals surface area contributed by atoms with Crippen LogP contribution in [0.4, 0.5) is 34.1 Å². The van der Waals surface area contributed by atoms with Gasteiger partial charge < -0.3 is 9.80 Å². The van der Waals surface area contributed by atoms with Gasteiger partial charge in [0.15, 0.2) is 0 Å². The Labute approximate surface area is 262 Å². The summed E-state index contributed by atoms with van der Waals surface area (Å²) in [7, 11) is 0. The normalized spacial score (nSPS) is 11.1. The van der Waals surface area contributed by atoms with Crippen molar-refractivity contribution in [1.29, 1.82) is 0 Å². The van der Waals surface area contributed by atoms with Gasteiger partial charge in [-0.25, -0.2) is 4.98 Å². The van der Waals surface area contributed by atoms with Gasteiger partial charge in [0.1, 0.15) is 5.82 Å². The lowest BCUT2D eigenvalue weighted by Gasteiger charge is -2.28. The minimum absolute atomic E-state index is 0.911. The summed E-state index contributed by atoms with van der Waals surface area (Å²) >= 11 is 0. The predicted molar refractivity (Wildman–Crippen MR) is 188 cm³/mol. The Kier molecular flexibility index (Phi) is 6.78. The van der Waals surface area contributed by atoms with Crippen molar-refractivity contribution in [3.8, 4) is 5.82 Å². The Morgan fingerprint density at radius 3 is 1.36 bits per heavy atom. The number of anilines is 6. The second-order valence-electron chi connectivity index (χ2n) is 10.9. The third kappa shape index (κ3) is 4.89. The van der Waals surface area contributed by atoms with E-state index >= 15 is 0 Å². The van der Waals surface area contributed by atoms with Crippen LogP contribution in [0.5, 0.6) is 0 Å². The molecule has 2 aromatic heterocycles. The van der Waals surface area contributed by atoms with Crippen LogP contribution in [-0.2, 0) is 0 Å². The smallest absolute Gasteiger partial charge is 0.137 e. The average molecular weight is 579 g/mol. The van der Waals surface area contributed by atoms with Crippen LogP contribution < -0.4 is 9.80 Å². The SMILES string of the molecule is c1ccc(N(c2ccccc2)c2ccc(N(c3ccccc3)c3ccc4c(c3)c3ccccc3n4-c3ccccn3)cc2)cc1. The van der Waals surface area contributed by atoms with E-state index in [0.29, 0.717) is 0 Å². The summed E-state index contributed by atoms with van der Waals surface area (Å²) in [5.74, 6) is 0.911. The molecule has 2 heterocycles. The van der Waals surface area contributed by atoms with Crippen LogP contribution in [0.25, 0.3) is 27.6 Å². The van der Waals surface area contributed by atoms with Crippen molar-refractivity contribution in [3.05, 3.63) is 182 Å². The van der Waals surface area contributed by atoms with Crippen LogP contribution in [0.1, 0.15) is 0 Å². The van der Waals surface area contributed by atoms with E-state index in [4.69, 9.17) is 0 Å². The number of para-hydroxylation sites is 4. The number of fused-ring (bicyclic) bond motifs is 3. The van der Waals surface area contributed by atoms with Gasteiger partial charge in [-0.3, -0.25) is 4.57 Å². The van der Waals surface area contributed by atoms with Crippen molar-refractivity contribution in [2.24, 2.45) is 0 Å². The second kappa shape index (κ2) is 11.5. The van der Waals surface area contributed by atoms with E-state index in [0.717, 1.165) is 51.0 Å². The number of hydrogen-bond donors (Lipinski definition) is 0. The van der Waals surface area contributed by atoms with Gasteiger partial charge in [-0.1, -0.05) is 78.9 Å². The molecule has 0 amide bonds. The molecule has 0 saturated carbocycles. The molecule has 0 radical (unpaired) electrons. The molecular weight excluding hydrogens is 548 g/mol. The van der Waals surface area contributed by atoms with Crippen molar-refractivity contribution >= 4 is 55.9 Å². The molecule has 0 fully saturated rings. The molecule has 4 nitrogen and oxygen atoms in total. The van der Waals surface area contributed by atoms with E-state index in [1.807, 2.05) is 18.3 Å². The van der Waals surface area contributed by atoms with Gasteiger partial charge in [0.2, 0.25) is 0 Å². The summed E-state index contributed by atoms with van der Waals surface area (Å²) in [6, 6.07) is 61.8. The van der Waals surface area contributed by atoms with Crippen molar-refractivity contribution < 1.29 is 0 Å². The second-order valence-corrected chi connectivity index (χ2v) is 10.9. The molecule has 0 N–H and O–H groups in total. The minimum Gasteiger partial charge on any atom is -0.311 e. The highest BCUT2D eigenvalue weighted by molar-refractivity contribution is 6.10. The molecule has 6 aromatic carbocycles. The molecular formula is C41H30N4. The third-order valence-corrected chi connectivity index (χ3v) is 8.20. The third-order valence-electron chi connectivity index (χ3n) is 8.20. The van der Waals surface area contributed by atoms with Crippen LogP contribution in [0.2, 0.25) is 0 Å². The first-order valence-electron chi connectivity index (χ1n) is 15.2. The van der Waals surface area contributed by atoms with Gasteiger partial charge in [-0.2, -0.15) is 0 Å². The first-order valence-corrected chi connectivity index (χ1v) is 15.2. The fraction of sp³-hybridized carbons (Fsp3) is 0. The zero-order valence-corrected chi connectivity index (χ0v) is 24.6. The Morgan fingerprint density at radius 1 is 0.356 bits per heavy atom. The van der Waals surface area contributed by atoms with Gasteiger partial charge >= 0.3 is 0 Å². The highest BCUT2D eigenvalue weighted by atomic mass is 15.2. The Morgan fingerprint density at radius 2 is 0.800 bits per heavy atom. The van der Waals surface area contributed by atoms with Crippen molar-refractivity contribution in [1.82, 2.24) is 9.55 Å².